The number of hydrogen-bond donors (Lipinski definition) is 1. The minimum Gasteiger partial charge on any atom is -0.348 e. The Hall–Kier alpha value is -4.52. The number of hydrogen-bond acceptors (Lipinski definition) is 4. The third-order valence-corrected chi connectivity index (χ3v) is 6.20. The lowest BCUT2D eigenvalue weighted by Gasteiger charge is -2.10. The molecule has 5 aromatic rings. The van der Waals surface area contributed by atoms with E-state index in [1.165, 1.54) is 0 Å². The van der Waals surface area contributed by atoms with Crippen LogP contribution in [0.15, 0.2) is 89.9 Å². The quantitative estimate of drug-likeness (QED) is 0.372. The van der Waals surface area contributed by atoms with Gasteiger partial charge in [0.05, 0.1) is 23.3 Å². The lowest BCUT2D eigenvalue weighted by Crippen LogP contribution is -2.25. The first-order chi connectivity index (χ1) is 17.5. The molecule has 1 N–H and O–H groups in total. The summed E-state index contributed by atoms with van der Waals surface area (Å²) in [5.41, 5.74) is 6.07. The van der Waals surface area contributed by atoms with Crippen LogP contribution in [0.4, 0.5) is 0 Å². The molecule has 0 spiro atoms. The number of rotatable bonds is 7. The molecule has 0 atom stereocenters. The topological polar surface area (TPSA) is 81.8 Å². The number of nitrogens with zero attached hydrogens (tertiary/aromatic N) is 4. The molecule has 0 bridgehead atoms. The van der Waals surface area contributed by atoms with Crippen molar-refractivity contribution in [2.24, 2.45) is 0 Å². The van der Waals surface area contributed by atoms with E-state index in [0.717, 1.165) is 27.9 Å². The van der Waals surface area contributed by atoms with Gasteiger partial charge in [-0.15, -0.1) is 0 Å². The molecule has 7 nitrogen and oxygen atoms in total. The second-order valence-corrected chi connectivity index (χ2v) is 8.68. The Bertz CT molecular complexity index is 1590. The van der Waals surface area contributed by atoms with Crippen molar-refractivity contribution in [1.82, 2.24) is 24.6 Å². The van der Waals surface area contributed by atoms with Crippen molar-refractivity contribution in [3.05, 3.63) is 118 Å². The molecule has 0 radical (unpaired) electrons. The molecule has 0 fully saturated rings. The molecule has 0 aliphatic carbocycles. The van der Waals surface area contributed by atoms with Crippen LogP contribution >= 0.6 is 0 Å². The minimum atomic E-state index is -0.208. The summed E-state index contributed by atoms with van der Waals surface area (Å²) < 4.78 is 3.58. The summed E-state index contributed by atoms with van der Waals surface area (Å²) in [5.74, 6) is -0.208. The van der Waals surface area contributed by atoms with Gasteiger partial charge in [0.15, 0.2) is 0 Å². The second-order valence-electron chi connectivity index (χ2n) is 8.68. The van der Waals surface area contributed by atoms with Gasteiger partial charge in [-0.3, -0.25) is 14.3 Å². The summed E-state index contributed by atoms with van der Waals surface area (Å²) in [5, 5.41) is 7.86. The first-order valence-corrected chi connectivity index (χ1v) is 12.0. The highest BCUT2D eigenvalue weighted by atomic mass is 16.1. The summed E-state index contributed by atoms with van der Waals surface area (Å²) >= 11 is 0. The Balaban J connectivity index is 1.41. The predicted octanol–water partition coefficient (Wildman–Crippen LogP) is 4.57. The molecule has 5 rings (SSSR count). The maximum atomic E-state index is 13.1. The van der Waals surface area contributed by atoms with E-state index in [0.29, 0.717) is 36.4 Å². The summed E-state index contributed by atoms with van der Waals surface area (Å²) in [6.07, 6.45) is 1.99. The highest BCUT2D eigenvalue weighted by Crippen LogP contribution is 2.23. The maximum absolute atomic E-state index is 13.1. The van der Waals surface area contributed by atoms with Gasteiger partial charge in [0, 0.05) is 36.0 Å². The largest absolute Gasteiger partial charge is 0.348 e. The standard InChI is InChI=1S/C29H27N5O2/c1-3-34-26-15-14-23(16-25(26)31-20(2)29(34)36)28(35)30-17-24-19-33(18-21-10-6-4-7-11-21)32-27(24)22-12-8-5-9-13-22/h4-16,19H,3,17-18H2,1-2H3,(H,30,35). The van der Waals surface area contributed by atoms with Crippen LogP contribution in [-0.4, -0.2) is 25.2 Å². The molecule has 0 aliphatic rings. The third-order valence-electron chi connectivity index (χ3n) is 6.20. The van der Waals surface area contributed by atoms with Crippen molar-refractivity contribution in [1.29, 1.82) is 0 Å². The number of carbonyl (C=O) groups excluding carboxylic acids is 1. The van der Waals surface area contributed by atoms with Crippen LogP contribution in [0.2, 0.25) is 0 Å². The van der Waals surface area contributed by atoms with Crippen molar-refractivity contribution in [2.75, 3.05) is 0 Å². The molecule has 2 heterocycles. The second kappa shape index (κ2) is 10.00. The Morgan fingerprint density at radius 3 is 2.42 bits per heavy atom. The monoisotopic (exact) mass is 477 g/mol. The molecular weight excluding hydrogens is 450 g/mol. The lowest BCUT2D eigenvalue weighted by atomic mass is 10.1. The number of amides is 1. The van der Waals surface area contributed by atoms with Gasteiger partial charge in [-0.05, 0) is 37.6 Å². The van der Waals surface area contributed by atoms with E-state index >= 15 is 0 Å². The van der Waals surface area contributed by atoms with E-state index in [9.17, 15) is 9.59 Å². The first-order valence-electron chi connectivity index (χ1n) is 12.0. The van der Waals surface area contributed by atoms with Crippen LogP contribution in [0.1, 0.15) is 34.1 Å². The average Bonchev–Trinajstić information content (AvgIpc) is 3.31. The molecule has 0 saturated heterocycles. The van der Waals surface area contributed by atoms with Crippen LogP contribution in [-0.2, 0) is 19.6 Å². The smallest absolute Gasteiger partial charge is 0.272 e. The van der Waals surface area contributed by atoms with E-state index < -0.39 is 0 Å². The van der Waals surface area contributed by atoms with E-state index in [1.54, 1.807) is 29.7 Å². The van der Waals surface area contributed by atoms with Crippen molar-refractivity contribution >= 4 is 16.9 Å². The number of carbonyl (C=O) groups is 1. The number of aromatic nitrogens is 4. The Kier molecular flexibility index (Phi) is 6.45. The van der Waals surface area contributed by atoms with Crippen molar-refractivity contribution in [3.63, 3.8) is 0 Å². The highest BCUT2D eigenvalue weighted by Gasteiger charge is 2.15. The number of fused-ring (bicyclic) bond motifs is 1. The summed E-state index contributed by atoms with van der Waals surface area (Å²) in [6.45, 7) is 5.13. The molecule has 2 aromatic heterocycles. The lowest BCUT2D eigenvalue weighted by molar-refractivity contribution is 0.0951. The summed E-state index contributed by atoms with van der Waals surface area (Å²) in [7, 11) is 0. The summed E-state index contributed by atoms with van der Waals surface area (Å²) in [4.78, 5) is 29.9. The molecule has 0 aliphatic heterocycles. The molecule has 1 amide bonds. The number of nitrogens with one attached hydrogen (secondary N) is 1. The predicted molar refractivity (Wildman–Crippen MR) is 141 cm³/mol. The fourth-order valence-electron chi connectivity index (χ4n) is 4.39. The molecule has 0 unspecified atom stereocenters. The molecule has 0 saturated carbocycles. The van der Waals surface area contributed by atoms with E-state index in [2.05, 4.69) is 22.4 Å². The van der Waals surface area contributed by atoms with Crippen molar-refractivity contribution < 1.29 is 4.79 Å². The van der Waals surface area contributed by atoms with Crippen LogP contribution in [0.3, 0.4) is 0 Å². The SMILES string of the molecule is CCn1c(=O)c(C)nc2cc(C(=O)NCc3cn(Cc4ccccc4)nc3-c3ccccc3)ccc21. The normalized spacial score (nSPS) is 11.1. The molecule has 7 heteroatoms. The Labute approximate surface area is 209 Å². The van der Waals surface area contributed by atoms with Crippen LogP contribution < -0.4 is 10.9 Å². The zero-order valence-electron chi connectivity index (χ0n) is 20.3. The fraction of sp³-hybridized carbons (Fsp3) is 0.172. The van der Waals surface area contributed by atoms with Crippen molar-refractivity contribution in [2.45, 2.75) is 33.5 Å². The number of aryl methyl sites for hydroxylation is 2. The molecular formula is C29H27N5O2. The average molecular weight is 478 g/mol. The molecule has 36 heavy (non-hydrogen) atoms. The highest BCUT2D eigenvalue weighted by molar-refractivity contribution is 5.97. The molecule has 180 valence electrons. The zero-order chi connectivity index (χ0) is 25.1. The van der Waals surface area contributed by atoms with Gasteiger partial charge in [0.1, 0.15) is 5.69 Å². The van der Waals surface area contributed by atoms with Gasteiger partial charge in [-0.1, -0.05) is 60.7 Å². The van der Waals surface area contributed by atoms with Crippen LogP contribution in [0, 0.1) is 6.92 Å². The van der Waals surface area contributed by atoms with E-state index in [4.69, 9.17) is 5.10 Å². The summed E-state index contributed by atoms with van der Waals surface area (Å²) in [6, 6.07) is 25.4. The molecule has 3 aromatic carbocycles. The van der Waals surface area contributed by atoms with Gasteiger partial charge < -0.3 is 9.88 Å². The minimum absolute atomic E-state index is 0.108. The van der Waals surface area contributed by atoms with Gasteiger partial charge in [-0.2, -0.15) is 5.10 Å². The fourth-order valence-corrected chi connectivity index (χ4v) is 4.39. The Morgan fingerprint density at radius 1 is 0.972 bits per heavy atom. The van der Waals surface area contributed by atoms with Crippen LogP contribution in [0.5, 0.6) is 0 Å². The van der Waals surface area contributed by atoms with Gasteiger partial charge in [-0.25, -0.2) is 4.98 Å². The first kappa shape index (κ1) is 23.2. The van der Waals surface area contributed by atoms with Gasteiger partial charge >= 0.3 is 0 Å². The van der Waals surface area contributed by atoms with Gasteiger partial charge in [0.2, 0.25) is 0 Å². The maximum Gasteiger partial charge on any atom is 0.272 e. The van der Waals surface area contributed by atoms with Crippen molar-refractivity contribution in [3.8, 4) is 11.3 Å². The van der Waals surface area contributed by atoms with Gasteiger partial charge in [0.25, 0.3) is 11.5 Å². The zero-order valence-corrected chi connectivity index (χ0v) is 20.3. The third kappa shape index (κ3) is 4.68. The van der Waals surface area contributed by atoms with Crippen LogP contribution in [0.25, 0.3) is 22.3 Å². The van der Waals surface area contributed by atoms with E-state index in [-0.39, 0.29) is 11.5 Å². The Morgan fingerprint density at radius 2 is 1.69 bits per heavy atom. The van der Waals surface area contributed by atoms with E-state index in [1.807, 2.05) is 66.3 Å². The number of benzene rings is 3.